The summed E-state index contributed by atoms with van der Waals surface area (Å²) in [6, 6.07) is 10.7. The van der Waals surface area contributed by atoms with Gasteiger partial charge in [-0.25, -0.2) is 0 Å². The van der Waals surface area contributed by atoms with Crippen molar-refractivity contribution in [1.82, 2.24) is 0 Å². The molecule has 92 valence electrons. The van der Waals surface area contributed by atoms with Crippen molar-refractivity contribution >= 4 is 23.4 Å². The number of hydrogen-bond donors (Lipinski definition) is 1. The molecule has 0 aliphatic carbocycles. The van der Waals surface area contributed by atoms with E-state index in [1.807, 2.05) is 30.0 Å². The summed E-state index contributed by atoms with van der Waals surface area (Å²) in [4.78, 5) is 6.53. The summed E-state index contributed by atoms with van der Waals surface area (Å²) in [7, 11) is 0. The summed E-state index contributed by atoms with van der Waals surface area (Å²) in [5, 5.41) is 0. The lowest BCUT2D eigenvalue weighted by atomic mass is 10.2. The molecule has 0 bridgehead atoms. The Hall–Kier alpha value is -1.16. The lowest BCUT2D eigenvalue weighted by Crippen LogP contribution is -2.41. The maximum atomic E-state index is 5.97. The molecule has 1 aliphatic heterocycles. The Bertz CT molecular complexity index is 378. The fraction of sp³-hybridized carbons (Fsp3) is 0.462. The fourth-order valence-corrected chi connectivity index (χ4v) is 2.79. The summed E-state index contributed by atoms with van der Waals surface area (Å²) in [5.41, 5.74) is 7.13. The Balaban J connectivity index is 2.04. The number of nitrogens with zero attached hydrogens (tertiary/aromatic N) is 2. The standard InChI is InChI=1S/C13H19N3S/c1-2-17-9-8-12-10-15-13(14)16(12)11-6-4-3-5-7-11/h3-7,12H,2,8-10H2,1H3,(H2,14,15). The molecule has 0 spiro atoms. The van der Waals surface area contributed by atoms with Crippen molar-refractivity contribution in [3.63, 3.8) is 0 Å². The summed E-state index contributed by atoms with van der Waals surface area (Å²) in [5.74, 6) is 3.00. The number of benzene rings is 1. The van der Waals surface area contributed by atoms with Crippen LogP contribution in [0.25, 0.3) is 0 Å². The van der Waals surface area contributed by atoms with Gasteiger partial charge < -0.3 is 10.6 Å². The number of nitrogens with two attached hydrogens (primary N) is 1. The molecule has 1 aliphatic rings. The molecule has 0 fully saturated rings. The minimum absolute atomic E-state index is 0.427. The van der Waals surface area contributed by atoms with E-state index in [0.717, 1.165) is 18.7 Å². The SMILES string of the molecule is CCSCCC1CN=C(N)N1c1ccccc1. The van der Waals surface area contributed by atoms with Crippen LogP contribution in [0.5, 0.6) is 0 Å². The highest BCUT2D eigenvalue weighted by molar-refractivity contribution is 7.99. The number of para-hydroxylation sites is 1. The lowest BCUT2D eigenvalue weighted by molar-refractivity contribution is 0.690. The van der Waals surface area contributed by atoms with Gasteiger partial charge in [-0.1, -0.05) is 25.1 Å². The molecule has 1 heterocycles. The molecule has 3 nitrogen and oxygen atoms in total. The summed E-state index contributed by atoms with van der Waals surface area (Å²) < 4.78 is 0. The monoisotopic (exact) mass is 249 g/mol. The van der Waals surface area contributed by atoms with Crippen LogP contribution in [0.15, 0.2) is 35.3 Å². The van der Waals surface area contributed by atoms with Gasteiger partial charge in [0.2, 0.25) is 0 Å². The van der Waals surface area contributed by atoms with Crippen LogP contribution in [0.3, 0.4) is 0 Å². The van der Waals surface area contributed by atoms with E-state index < -0.39 is 0 Å². The van der Waals surface area contributed by atoms with E-state index in [1.165, 1.54) is 11.5 Å². The van der Waals surface area contributed by atoms with Gasteiger partial charge in [0, 0.05) is 5.69 Å². The largest absolute Gasteiger partial charge is 0.370 e. The molecule has 4 heteroatoms. The van der Waals surface area contributed by atoms with Gasteiger partial charge in [0.15, 0.2) is 5.96 Å². The molecule has 1 aromatic carbocycles. The van der Waals surface area contributed by atoms with E-state index in [4.69, 9.17) is 5.73 Å². The molecule has 2 N–H and O–H groups in total. The van der Waals surface area contributed by atoms with E-state index >= 15 is 0 Å². The van der Waals surface area contributed by atoms with Crippen molar-refractivity contribution in [2.24, 2.45) is 10.7 Å². The predicted octanol–water partition coefficient (Wildman–Crippen LogP) is 2.33. The molecule has 0 aromatic heterocycles. The third-order valence-electron chi connectivity index (χ3n) is 2.91. The third kappa shape index (κ3) is 2.94. The van der Waals surface area contributed by atoms with Crippen LogP contribution in [-0.4, -0.2) is 30.1 Å². The van der Waals surface area contributed by atoms with Crippen LogP contribution < -0.4 is 10.6 Å². The van der Waals surface area contributed by atoms with Gasteiger partial charge in [-0.3, -0.25) is 4.99 Å². The second-order valence-corrected chi connectivity index (χ2v) is 5.44. The fourth-order valence-electron chi connectivity index (χ4n) is 2.06. The van der Waals surface area contributed by atoms with Crippen molar-refractivity contribution in [2.75, 3.05) is 23.0 Å². The Morgan fingerprint density at radius 1 is 1.41 bits per heavy atom. The molecule has 0 amide bonds. The predicted molar refractivity (Wildman–Crippen MR) is 76.8 cm³/mol. The molecule has 0 saturated carbocycles. The second-order valence-electron chi connectivity index (χ2n) is 4.04. The summed E-state index contributed by atoms with van der Waals surface area (Å²) in [6.07, 6.45) is 1.14. The van der Waals surface area contributed by atoms with Crippen molar-refractivity contribution in [2.45, 2.75) is 19.4 Å². The average molecular weight is 249 g/mol. The van der Waals surface area contributed by atoms with E-state index in [0.29, 0.717) is 12.0 Å². The molecule has 1 aromatic rings. The quantitative estimate of drug-likeness (QED) is 0.814. The normalized spacial score (nSPS) is 19.5. The summed E-state index contributed by atoms with van der Waals surface area (Å²) >= 11 is 1.98. The van der Waals surface area contributed by atoms with Crippen LogP contribution in [0.2, 0.25) is 0 Å². The van der Waals surface area contributed by atoms with Gasteiger partial charge in [-0.05, 0) is 30.1 Å². The minimum Gasteiger partial charge on any atom is -0.370 e. The van der Waals surface area contributed by atoms with Crippen LogP contribution >= 0.6 is 11.8 Å². The summed E-state index contributed by atoms with van der Waals surface area (Å²) in [6.45, 7) is 3.02. The first kappa shape index (κ1) is 12.3. The topological polar surface area (TPSA) is 41.6 Å². The van der Waals surface area contributed by atoms with Gasteiger partial charge >= 0.3 is 0 Å². The molecule has 1 atom stereocenters. The number of anilines is 1. The van der Waals surface area contributed by atoms with E-state index in [2.05, 4.69) is 28.9 Å². The van der Waals surface area contributed by atoms with Crippen molar-refractivity contribution in [3.8, 4) is 0 Å². The Labute approximate surface area is 107 Å². The molecule has 17 heavy (non-hydrogen) atoms. The van der Waals surface area contributed by atoms with E-state index in [-0.39, 0.29) is 0 Å². The minimum atomic E-state index is 0.427. The van der Waals surface area contributed by atoms with Gasteiger partial charge in [0.05, 0.1) is 12.6 Å². The Morgan fingerprint density at radius 3 is 2.88 bits per heavy atom. The van der Waals surface area contributed by atoms with E-state index in [1.54, 1.807) is 0 Å². The number of guanidine groups is 1. The Kier molecular flexibility index (Phi) is 4.31. The highest BCUT2D eigenvalue weighted by Gasteiger charge is 2.26. The maximum Gasteiger partial charge on any atom is 0.196 e. The smallest absolute Gasteiger partial charge is 0.196 e. The first-order valence-electron chi connectivity index (χ1n) is 6.05. The highest BCUT2D eigenvalue weighted by atomic mass is 32.2. The second kappa shape index (κ2) is 5.96. The highest BCUT2D eigenvalue weighted by Crippen LogP contribution is 2.23. The van der Waals surface area contributed by atoms with Gasteiger partial charge in [-0.2, -0.15) is 11.8 Å². The number of aliphatic imine (C=N–C) groups is 1. The molecule has 1 unspecified atom stereocenters. The maximum absolute atomic E-state index is 5.97. The third-order valence-corrected chi connectivity index (χ3v) is 3.84. The van der Waals surface area contributed by atoms with Gasteiger partial charge in [0.25, 0.3) is 0 Å². The van der Waals surface area contributed by atoms with Crippen LogP contribution in [0, 0.1) is 0 Å². The Morgan fingerprint density at radius 2 is 2.18 bits per heavy atom. The van der Waals surface area contributed by atoms with Crippen molar-refractivity contribution < 1.29 is 0 Å². The van der Waals surface area contributed by atoms with Gasteiger partial charge in [-0.15, -0.1) is 0 Å². The first-order chi connectivity index (χ1) is 8.33. The first-order valence-corrected chi connectivity index (χ1v) is 7.20. The zero-order valence-corrected chi connectivity index (χ0v) is 11.0. The van der Waals surface area contributed by atoms with Crippen LogP contribution in [-0.2, 0) is 0 Å². The molecule has 0 saturated heterocycles. The zero-order chi connectivity index (χ0) is 12.1. The number of thioether (sulfide) groups is 1. The van der Waals surface area contributed by atoms with Gasteiger partial charge in [0.1, 0.15) is 0 Å². The van der Waals surface area contributed by atoms with Crippen molar-refractivity contribution in [1.29, 1.82) is 0 Å². The molecular weight excluding hydrogens is 230 g/mol. The van der Waals surface area contributed by atoms with Crippen LogP contribution in [0.1, 0.15) is 13.3 Å². The van der Waals surface area contributed by atoms with Crippen molar-refractivity contribution in [3.05, 3.63) is 30.3 Å². The lowest BCUT2D eigenvalue weighted by Gasteiger charge is -2.26. The molecular formula is C13H19N3S. The average Bonchev–Trinajstić information content (AvgIpc) is 2.72. The zero-order valence-electron chi connectivity index (χ0n) is 10.2. The molecule has 2 rings (SSSR count). The number of hydrogen-bond acceptors (Lipinski definition) is 4. The molecule has 0 radical (unpaired) electrons. The number of rotatable bonds is 5. The van der Waals surface area contributed by atoms with E-state index in [9.17, 15) is 0 Å². The van der Waals surface area contributed by atoms with Crippen LogP contribution in [0.4, 0.5) is 5.69 Å².